The molecule has 122 valence electrons. The van der Waals surface area contributed by atoms with Gasteiger partial charge in [0.05, 0.1) is 0 Å². The maximum Gasteiger partial charge on any atom is 0.00957 e. The highest BCUT2D eigenvalue weighted by atomic mass is 15.2. The highest BCUT2D eigenvalue weighted by Crippen LogP contribution is 2.42. The van der Waals surface area contributed by atoms with Crippen LogP contribution in [0.4, 0.5) is 0 Å². The van der Waals surface area contributed by atoms with Gasteiger partial charge in [0.15, 0.2) is 0 Å². The number of nitrogens with one attached hydrogen (secondary N) is 1. The molecule has 1 saturated carbocycles. The van der Waals surface area contributed by atoms with Gasteiger partial charge >= 0.3 is 0 Å². The lowest BCUT2D eigenvalue weighted by Gasteiger charge is -2.49. The van der Waals surface area contributed by atoms with Crippen molar-refractivity contribution in [2.45, 2.75) is 78.2 Å². The van der Waals surface area contributed by atoms with E-state index in [0.29, 0.717) is 10.8 Å². The van der Waals surface area contributed by atoms with Gasteiger partial charge in [-0.2, -0.15) is 0 Å². The van der Waals surface area contributed by atoms with Gasteiger partial charge in [-0.3, -0.25) is 4.90 Å². The molecular formula is C19H36N2. The van der Waals surface area contributed by atoms with E-state index in [0.717, 1.165) is 12.0 Å². The molecule has 2 heteroatoms. The van der Waals surface area contributed by atoms with Crippen LogP contribution >= 0.6 is 0 Å². The van der Waals surface area contributed by atoms with E-state index in [4.69, 9.17) is 0 Å². The first-order valence-electron chi connectivity index (χ1n) is 9.43. The monoisotopic (exact) mass is 292 g/mol. The van der Waals surface area contributed by atoms with Crippen molar-refractivity contribution >= 4 is 0 Å². The molecule has 3 fully saturated rings. The minimum Gasteiger partial charge on any atom is -0.316 e. The summed E-state index contributed by atoms with van der Waals surface area (Å²) in [5.74, 6) is 0.948. The molecule has 0 bridgehead atoms. The van der Waals surface area contributed by atoms with E-state index in [1.807, 2.05) is 0 Å². The first-order valence-corrected chi connectivity index (χ1v) is 9.43. The molecule has 2 saturated heterocycles. The first kappa shape index (κ1) is 15.8. The Morgan fingerprint density at radius 2 is 1.71 bits per heavy atom. The molecule has 1 atom stereocenters. The van der Waals surface area contributed by atoms with E-state index in [9.17, 15) is 0 Å². The molecule has 0 aromatic carbocycles. The largest absolute Gasteiger partial charge is 0.316 e. The SMILES string of the molecule is CC(C)(C)C1CCC(N2CCCC3(CCCNC3)C2)CC1. The Kier molecular flexibility index (Phi) is 4.66. The van der Waals surface area contributed by atoms with E-state index < -0.39 is 0 Å². The Balaban J connectivity index is 1.55. The maximum absolute atomic E-state index is 3.67. The summed E-state index contributed by atoms with van der Waals surface area (Å²) in [6, 6.07) is 0.891. The van der Waals surface area contributed by atoms with Crippen LogP contribution in [0.25, 0.3) is 0 Å². The van der Waals surface area contributed by atoms with Crippen molar-refractivity contribution in [2.75, 3.05) is 26.2 Å². The summed E-state index contributed by atoms with van der Waals surface area (Å²) in [4.78, 5) is 2.88. The Hall–Kier alpha value is -0.0800. The lowest BCUT2D eigenvalue weighted by atomic mass is 9.70. The van der Waals surface area contributed by atoms with E-state index in [-0.39, 0.29) is 0 Å². The fourth-order valence-electron chi connectivity index (χ4n) is 5.24. The Bertz CT molecular complexity index is 324. The highest BCUT2D eigenvalue weighted by Gasteiger charge is 2.40. The maximum atomic E-state index is 3.67. The molecular weight excluding hydrogens is 256 g/mol. The number of hydrogen-bond donors (Lipinski definition) is 1. The summed E-state index contributed by atoms with van der Waals surface area (Å²) in [7, 11) is 0. The minimum atomic E-state index is 0.515. The van der Waals surface area contributed by atoms with E-state index in [2.05, 4.69) is 31.0 Å². The summed E-state index contributed by atoms with van der Waals surface area (Å²) < 4.78 is 0. The molecule has 1 N–H and O–H groups in total. The van der Waals surface area contributed by atoms with Crippen LogP contribution in [-0.4, -0.2) is 37.1 Å². The van der Waals surface area contributed by atoms with Crippen molar-refractivity contribution < 1.29 is 0 Å². The van der Waals surface area contributed by atoms with Gasteiger partial charge in [0, 0.05) is 19.1 Å². The third-order valence-electron chi connectivity index (χ3n) is 6.69. The second kappa shape index (κ2) is 6.20. The molecule has 1 unspecified atom stereocenters. The first-order chi connectivity index (χ1) is 9.99. The Labute approximate surface area is 132 Å². The normalized spacial score (nSPS) is 39.6. The smallest absolute Gasteiger partial charge is 0.00957 e. The number of likely N-dealkylation sites (tertiary alicyclic amines) is 1. The average molecular weight is 293 g/mol. The van der Waals surface area contributed by atoms with Gasteiger partial charge in [-0.05, 0) is 81.2 Å². The van der Waals surface area contributed by atoms with E-state index in [1.54, 1.807) is 0 Å². The molecule has 2 aliphatic heterocycles. The minimum absolute atomic E-state index is 0.515. The van der Waals surface area contributed by atoms with Gasteiger partial charge in [0.25, 0.3) is 0 Å². The number of hydrogen-bond acceptors (Lipinski definition) is 2. The molecule has 1 spiro atoms. The molecule has 0 aromatic rings. The quantitative estimate of drug-likeness (QED) is 0.784. The van der Waals surface area contributed by atoms with Crippen LogP contribution in [0.5, 0.6) is 0 Å². The topological polar surface area (TPSA) is 15.3 Å². The second-order valence-corrected chi connectivity index (χ2v) is 9.23. The molecule has 21 heavy (non-hydrogen) atoms. The van der Waals surface area contributed by atoms with Crippen LogP contribution in [0.1, 0.15) is 72.1 Å². The summed E-state index contributed by atoms with van der Waals surface area (Å²) in [5.41, 5.74) is 1.14. The summed E-state index contributed by atoms with van der Waals surface area (Å²) >= 11 is 0. The van der Waals surface area contributed by atoms with Crippen LogP contribution in [0, 0.1) is 16.7 Å². The summed E-state index contributed by atoms with van der Waals surface area (Å²) in [6.07, 6.45) is 11.6. The predicted molar refractivity (Wildman–Crippen MR) is 90.5 cm³/mol. The zero-order valence-corrected chi connectivity index (χ0v) is 14.6. The fraction of sp³-hybridized carbons (Fsp3) is 1.00. The molecule has 2 nitrogen and oxygen atoms in total. The van der Waals surface area contributed by atoms with Crippen molar-refractivity contribution in [2.24, 2.45) is 16.7 Å². The predicted octanol–water partition coefficient (Wildman–Crippen LogP) is 4.06. The van der Waals surface area contributed by atoms with Crippen molar-refractivity contribution in [3.05, 3.63) is 0 Å². The summed E-state index contributed by atoms with van der Waals surface area (Å²) in [6.45, 7) is 12.6. The third kappa shape index (κ3) is 3.64. The van der Waals surface area contributed by atoms with E-state index in [1.165, 1.54) is 77.5 Å². The van der Waals surface area contributed by atoms with Gasteiger partial charge in [-0.15, -0.1) is 0 Å². The Morgan fingerprint density at radius 3 is 2.33 bits per heavy atom. The van der Waals surface area contributed by atoms with Crippen LogP contribution < -0.4 is 5.32 Å². The van der Waals surface area contributed by atoms with Crippen LogP contribution in [0.3, 0.4) is 0 Å². The van der Waals surface area contributed by atoms with Crippen molar-refractivity contribution in [3.8, 4) is 0 Å². The van der Waals surface area contributed by atoms with Gasteiger partial charge in [0.1, 0.15) is 0 Å². The number of piperidine rings is 2. The van der Waals surface area contributed by atoms with Crippen LogP contribution in [0.15, 0.2) is 0 Å². The van der Waals surface area contributed by atoms with Crippen molar-refractivity contribution in [3.63, 3.8) is 0 Å². The third-order valence-corrected chi connectivity index (χ3v) is 6.69. The molecule has 2 heterocycles. The standard InChI is InChI=1S/C19H36N2/c1-18(2,3)16-6-8-17(9-7-16)21-13-5-11-19(15-21)10-4-12-20-14-19/h16-17,20H,4-15H2,1-3H3. The highest BCUT2D eigenvalue weighted by molar-refractivity contribution is 4.94. The fourth-order valence-corrected chi connectivity index (χ4v) is 5.24. The van der Waals surface area contributed by atoms with Crippen LogP contribution in [-0.2, 0) is 0 Å². The molecule has 3 aliphatic rings. The van der Waals surface area contributed by atoms with Gasteiger partial charge in [-0.1, -0.05) is 20.8 Å². The lowest BCUT2D eigenvalue weighted by molar-refractivity contribution is 0.0136. The molecule has 3 rings (SSSR count). The molecule has 0 aromatic heterocycles. The molecule has 1 aliphatic carbocycles. The van der Waals surface area contributed by atoms with Crippen molar-refractivity contribution in [1.82, 2.24) is 10.2 Å². The van der Waals surface area contributed by atoms with E-state index >= 15 is 0 Å². The van der Waals surface area contributed by atoms with Gasteiger partial charge < -0.3 is 5.32 Å². The lowest BCUT2D eigenvalue weighted by Crippen LogP contribution is -2.54. The molecule has 0 amide bonds. The molecule has 0 radical (unpaired) electrons. The zero-order valence-electron chi connectivity index (χ0n) is 14.6. The Morgan fingerprint density at radius 1 is 1.00 bits per heavy atom. The zero-order chi connectivity index (χ0) is 14.9. The summed E-state index contributed by atoms with van der Waals surface area (Å²) in [5, 5.41) is 3.67. The van der Waals surface area contributed by atoms with Gasteiger partial charge in [0.2, 0.25) is 0 Å². The number of nitrogens with zero attached hydrogens (tertiary/aromatic N) is 1. The second-order valence-electron chi connectivity index (χ2n) is 9.23. The van der Waals surface area contributed by atoms with Crippen LogP contribution in [0.2, 0.25) is 0 Å². The average Bonchev–Trinajstić information content (AvgIpc) is 2.47. The number of rotatable bonds is 1. The van der Waals surface area contributed by atoms with Crippen molar-refractivity contribution in [1.29, 1.82) is 0 Å². The van der Waals surface area contributed by atoms with Gasteiger partial charge in [-0.25, -0.2) is 0 Å².